The SMILES string of the molecule is COc1ccc(CCNC(=O)C2C=CC(=O)N=N2)cc1OC. The molecule has 1 aliphatic rings. The predicted molar refractivity (Wildman–Crippen MR) is 79.1 cm³/mol. The van der Waals surface area contributed by atoms with Crippen molar-refractivity contribution in [2.24, 2.45) is 10.2 Å². The van der Waals surface area contributed by atoms with Gasteiger partial charge in [0.25, 0.3) is 11.8 Å². The summed E-state index contributed by atoms with van der Waals surface area (Å²) in [6, 6.07) is 4.86. The molecular weight excluding hydrogens is 286 g/mol. The Morgan fingerprint density at radius 1 is 1.27 bits per heavy atom. The van der Waals surface area contributed by atoms with Crippen molar-refractivity contribution in [1.82, 2.24) is 5.32 Å². The van der Waals surface area contributed by atoms with Crippen LogP contribution in [0, 0.1) is 0 Å². The molecule has 0 bridgehead atoms. The smallest absolute Gasteiger partial charge is 0.287 e. The first kappa shape index (κ1) is 15.7. The second-order valence-corrected chi connectivity index (χ2v) is 4.59. The molecule has 0 aliphatic carbocycles. The zero-order valence-electron chi connectivity index (χ0n) is 12.4. The number of methoxy groups -OCH3 is 2. The summed E-state index contributed by atoms with van der Waals surface area (Å²) in [5.41, 5.74) is 1.01. The third-order valence-electron chi connectivity index (χ3n) is 3.13. The summed E-state index contributed by atoms with van der Waals surface area (Å²) in [7, 11) is 3.15. The normalized spacial score (nSPS) is 16.5. The van der Waals surface area contributed by atoms with Crippen LogP contribution in [0.3, 0.4) is 0 Å². The number of hydrogen-bond donors (Lipinski definition) is 1. The molecule has 2 rings (SSSR count). The molecule has 0 fully saturated rings. The molecule has 7 heteroatoms. The summed E-state index contributed by atoms with van der Waals surface area (Å²) in [6.45, 7) is 0.447. The summed E-state index contributed by atoms with van der Waals surface area (Å²) in [4.78, 5) is 22.7. The lowest BCUT2D eigenvalue weighted by Crippen LogP contribution is -2.34. The molecule has 22 heavy (non-hydrogen) atoms. The van der Waals surface area contributed by atoms with E-state index in [1.807, 2.05) is 18.2 Å². The van der Waals surface area contributed by atoms with Gasteiger partial charge in [-0.3, -0.25) is 9.59 Å². The van der Waals surface area contributed by atoms with Crippen LogP contribution in [0.5, 0.6) is 11.5 Å². The number of nitrogens with zero attached hydrogens (tertiary/aromatic N) is 2. The van der Waals surface area contributed by atoms with E-state index in [0.717, 1.165) is 5.56 Å². The minimum atomic E-state index is -0.733. The molecule has 2 amide bonds. The van der Waals surface area contributed by atoms with Crippen molar-refractivity contribution in [2.75, 3.05) is 20.8 Å². The van der Waals surface area contributed by atoms with Gasteiger partial charge in [0.15, 0.2) is 17.5 Å². The Hall–Kier alpha value is -2.70. The Balaban J connectivity index is 1.86. The monoisotopic (exact) mass is 303 g/mol. The highest BCUT2D eigenvalue weighted by molar-refractivity contribution is 5.92. The molecule has 1 aromatic carbocycles. The fraction of sp³-hybridized carbons (Fsp3) is 0.333. The van der Waals surface area contributed by atoms with Gasteiger partial charge in [0.05, 0.1) is 14.2 Å². The van der Waals surface area contributed by atoms with Crippen LogP contribution in [0.1, 0.15) is 5.56 Å². The van der Waals surface area contributed by atoms with Crippen LogP contribution >= 0.6 is 0 Å². The Labute approximate surface area is 128 Å². The van der Waals surface area contributed by atoms with Crippen LogP contribution in [0.2, 0.25) is 0 Å². The summed E-state index contributed by atoms with van der Waals surface area (Å²) in [5.74, 6) is 0.573. The Morgan fingerprint density at radius 2 is 2.05 bits per heavy atom. The first-order valence-corrected chi connectivity index (χ1v) is 6.75. The number of carbonyl (C=O) groups excluding carboxylic acids is 2. The van der Waals surface area contributed by atoms with Crippen molar-refractivity contribution < 1.29 is 19.1 Å². The van der Waals surface area contributed by atoms with E-state index in [1.165, 1.54) is 12.2 Å². The van der Waals surface area contributed by atoms with Gasteiger partial charge in [0.2, 0.25) is 0 Å². The fourth-order valence-corrected chi connectivity index (χ4v) is 1.97. The maximum Gasteiger partial charge on any atom is 0.287 e. The molecule has 1 N–H and O–H groups in total. The lowest BCUT2D eigenvalue weighted by molar-refractivity contribution is -0.121. The number of hydrogen-bond acceptors (Lipinski definition) is 5. The number of rotatable bonds is 6. The number of amides is 2. The van der Waals surface area contributed by atoms with Gasteiger partial charge in [-0.25, -0.2) is 0 Å². The van der Waals surface area contributed by atoms with Crippen molar-refractivity contribution in [3.8, 4) is 11.5 Å². The van der Waals surface area contributed by atoms with Crippen LogP contribution in [-0.2, 0) is 16.0 Å². The average molecular weight is 303 g/mol. The highest BCUT2D eigenvalue weighted by atomic mass is 16.5. The highest BCUT2D eigenvalue weighted by Gasteiger charge is 2.17. The molecule has 0 saturated heterocycles. The lowest BCUT2D eigenvalue weighted by Gasteiger charge is -2.11. The van der Waals surface area contributed by atoms with Crippen LogP contribution in [0.15, 0.2) is 40.6 Å². The maximum absolute atomic E-state index is 11.8. The lowest BCUT2D eigenvalue weighted by atomic mass is 10.1. The zero-order valence-corrected chi connectivity index (χ0v) is 12.4. The topological polar surface area (TPSA) is 89.3 Å². The standard InChI is InChI=1S/C15H17N3O4/c1-21-12-5-3-10(9-13(12)22-2)7-8-16-15(20)11-4-6-14(19)18-17-11/h3-6,9,11H,7-8H2,1-2H3,(H,16,20). The average Bonchev–Trinajstić information content (AvgIpc) is 2.55. The second-order valence-electron chi connectivity index (χ2n) is 4.59. The molecule has 1 aliphatic heterocycles. The van der Waals surface area contributed by atoms with Crippen molar-refractivity contribution >= 4 is 11.8 Å². The first-order valence-electron chi connectivity index (χ1n) is 6.75. The van der Waals surface area contributed by atoms with Gasteiger partial charge in [-0.1, -0.05) is 6.07 Å². The highest BCUT2D eigenvalue weighted by Crippen LogP contribution is 2.27. The van der Waals surface area contributed by atoms with Gasteiger partial charge in [-0.05, 0) is 30.2 Å². The molecule has 0 radical (unpaired) electrons. The maximum atomic E-state index is 11.8. The fourth-order valence-electron chi connectivity index (χ4n) is 1.97. The third kappa shape index (κ3) is 3.91. The number of ether oxygens (including phenoxy) is 2. The summed E-state index contributed by atoms with van der Waals surface area (Å²) >= 11 is 0. The third-order valence-corrected chi connectivity index (χ3v) is 3.13. The van der Waals surface area contributed by atoms with Crippen LogP contribution in [0.4, 0.5) is 0 Å². The molecule has 7 nitrogen and oxygen atoms in total. The van der Waals surface area contributed by atoms with Crippen LogP contribution in [0.25, 0.3) is 0 Å². The number of carbonyl (C=O) groups is 2. The van der Waals surface area contributed by atoms with E-state index in [9.17, 15) is 9.59 Å². The van der Waals surface area contributed by atoms with E-state index >= 15 is 0 Å². The Kier molecular flexibility index (Phi) is 5.24. The van der Waals surface area contributed by atoms with Crippen LogP contribution < -0.4 is 14.8 Å². The minimum absolute atomic E-state index is 0.284. The molecular formula is C15H17N3O4. The van der Waals surface area contributed by atoms with Crippen molar-refractivity contribution in [2.45, 2.75) is 12.5 Å². The van der Waals surface area contributed by atoms with Crippen molar-refractivity contribution in [1.29, 1.82) is 0 Å². The van der Waals surface area contributed by atoms with E-state index in [0.29, 0.717) is 24.5 Å². The molecule has 1 unspecified atom stereocenters. The number of azo groups is 1. The van der Waals surface area contributed by atoms with E-state index in [-0.39, 0.29) is 5.91 Å². The predicted octanol–water partition coefficient (Wildman–Crippen LogP) is 1.28. The summed E-state index contributed by atoms with van der Waals surface area (Å²) < 4.78 is 10.4. The number of benzene rings is 1. The van der Waals surface area contributed by atoms with E-state index < -0.39 is 11.9 Å². The van der Waals surface area contributed by atoms with Gasteiger partial charge in [-0.15, -0.1) is 5.11 Å². The van der Waals surface area contributed by atoms with Crippen molar-refractivity contribution in [3.63, 3.8) is 0 Å². The van der Waals surface area contributed by atoms with Crippen molar-refractivity contribution in [3.05, 3.63) is 35.9 Å². The van der Waals surface area contributed by atoms with Gasteiger partial charge in [0.1, 0.15) is 0 Å². The molecule has 0 saturated carbocycles. The largest absolute Gasteiger partial charge is 0.493 e. The van der Waals surface area contributed by atoms with Gasteiger partial charge in [-0.2, -0.15) is 5.11 Å². The Morgan fingerprint density at radius 3 is 2.68 bits per heavy atom. The van der Waals surface area contributed by atoms with E-state index in [2.05, 4.69) is 15.5 Å². The van der Waals surface area contributed by atoms with Gasteiger partial charge < -0.3 is 14.8 Å². The van der Waals surface area contributed by atoms with Crippen LogP contribution in [-0.4, -0.2) is 38.6 Å². The molecule has 1 heterocycles. The molecule has 0 aromatic heterocycles. The van der Waals surface area contributed by atoms with E-state index in [1.54, 1.807) is 14.2 Å². The summed E-state index contributed by atoms with van der Waals surface area (Å²) in [5, 5.41) is 9.73. The zero-order chi connectivity index (χ0) is 15.9. The minimum Gasteiger partial charge on any atom is -0.493 e. The van der Waals surface area contributed by atoms with Gasteiger partial charge >= 0.3 is 0 Å². The molecule has 1 atom stereocenters. The second kappa shape index (κ2) is 7.35. The number of nitrogens with one attached hydrogen (secondary N) is 1. The van der Waals surface area contributed by atoms with E-state index in [4.69, 9.17) is 9.47 Å². The molecule has 0 spiro atoms. The molecule has 116 valence electrons. The van der Waals surface area contributed by atoms with Gasteiger partial charge in [0, 0.05) is 12.6 Å². The first-order chi connectivity index (χ1) is 10.6. The molecule has 1 aromatic rings. The quantitative estimate of drug-likeness (QED) is 0.857. The Bertz CT molecular complexity index is 609. The summed E-state index contributed by atoms with van der Waals surface area (Å²) in [6.07, 6.45) is 3.31.